The first kappa shape index (κ1) is 33.9. The first-order valence-corrected chi connectivity index (χ1v) is 17.0. The van der Waals surface area contributed by atoms with Gasteiger partial charge in [-0.1, -0.05) is 173 Å². The predicted octanol–water partition coefficient (Wildman–Crippen LogP) is 11.1. The second kappa shape index (κ2) is 26.5. The Morgan fingerprint density at radius 3 is 0.611 bits per heavy atom. The van der Waals surface area contributed by atoms with Crippen molar-refractivity contribution in [2.24, 2.45) is 5.41 Å². The fourth-order valence-electron chi connectivity index (χ4n) is 6.64. The van der Waals surface area contributed by atoms with Gasteiger partial charge in [-0.15, -0.1) is 0 Å². The molecule has 0 spiro atoms. The van der Waals surface area contributed by atoms with Gasteiger partial charge in [0.15, 0.2) is 0 Å². The van der Waals surface area contributed by atoms with E-state index in [-0.39, 0.29) is 18.6 Å². The van der Waals surface area contributed by atoms with Crippen molar-refractivity contribution in [1.29, 1.82) is 0 Å². The molecule has 0 bridgehead atoms. The minimum atomic E-state index is 0.237. The van der Waals surface area contributed by atoms with Crippen molar-refractivity contribution in [3.63, 3.8) is 0 Å². The molecule has 0 aromatic carbocycles. The van der Waals surface area contributed by atoms with E-state index in [1.807, 2.05) is 0 Å². The summed E-state index contributed by atoms with van der Waals surface area (Å²) in [6.45, 7) is 0.556. The van der Waals surface area contributed by atoms with Crippen LogP contribution in [0.5, 0.6) is 0 Å². The summed E-state index contributed by atoms with van der Waals surface area (Å²) in [5, 5.41) is 18.4. The summed E-state index contributed by atoms with van der Waals surface area (Å²) in [6.07, 6.45) is 43.5. The number of aliphatic hydroxyl groups excluding tert-OH is 2. The molecule has 3 saturated carbocycles. The quantitative estimate of drug-likeness (QED) is 0.396. The zero-order valence-electron chi connectivity index (χ0n) is 24.7. The van der Waals surface area contributed by atoms with E-state index in [9.17, 15) is 10.2 Å². The maximum atomic E-state index is 9.22. The second-order valence-electron chi connectivity index (χ2n) is 12.5. The van der Waals surface area contributed by atoms with Gasteiger partial charge in [0.05, 0.1) is 0 Å². The Labute approximate surface area is 227 Å². The third kappa shape index (κ3) is 20.9. The first-order valence-electron chi connectivity index (χ1n) is 17.0. The van der Waals surface area contributed by atoms with Gasteiger partial charge in [0.25, 0.3) is 0 Å². The van der Waals surface area contributed by atoms with Crippen LogP contribution in [0.2, 0.25) is 0 Å². The third-order valence-electron chi connectivity index (χ3n) is 9.20. The lowest BCUT2D eigenvalue weighted by Crippen LogP contribution is -2.24. The van der Waals surface area contributed by atoms with Crippen molar-refractivity contribution in [3.05, 3.63) is 0 Å². The molecule has 0 amide bonds. The summed E-state index contributed by atoms with van der Waals surface area (Å²) in [5.74, 6) is 0. The Morgan fingerprint density at radius 2 is 0.444 bits per heavy atom. The molecule has 3 aliphatic rings. The minimum absolute atomic E-state index is 0.237. The highest BCUT2D eigenvalue weighted by molar-refractivity contribution is 4.80. The molecule has 0 unspecified atom stereocenters. The SMILES string of the molecule is C1CCCCCCCCC1.C1CCCCCCCCC1.OCCC1(CCO)CCCCCCCCC1. The maximum Gasteiger partial charge on any atom is 0.0436 e. The molecule has 3 aliphatic carbocycles. The third-order valence-corrected chi connectivity index (χ3v) is 9.20. The minimum Gasteiger partial charge on any atom is -0.396 e. The average molecular weight is 509 g/mol. The summed E-state index contributed by atoms with van der Waals surface area (Å²) in [7, 11) is 0. The highest BCUT2D eigenvalue weighted by Gasteiger charge is 2.28. The van der Waals surface area contributed by atoms with E-state index in [4.69, 9.17) is 0 Å². The van der Waals surface area contributed by atoms with E-state index < -0.39 is 0 Å². The monoisotopic (exact) mass is 509 g/mol. The fraction of sp³-hybridized carbons (Fsp3) is 1.00. The van der Waals surface area contributed by atoms with Crippen LogP contribution in [-0.2, 0) is 0 Å². The van der Waals surface area contributed by atoms with E-state index in [1.54, 1.807) is 0 Å². The predicted molar refractivity (Wildman–Crippen MR) is 160 cm³/mol. The van der Waals surface area contributed by atoms with Crippen molar-refractivity contribution < 1.29 is 10.2 Å². The van der Waals surface area contributed by atoms with Gasteiger partial charge in [-0.25, -0.2) is 0 Å². The van der Waals surface area contributed by atoms with E-state index in [0.29, 0.717) is 0 Å². The van der Waals surface area contributed by atoms with E-state index in [0.717, 1.165) is 12.8 Å². The lowest BCUT2D eigenvalue weighted by molar-refractivity contribution is 0.106. The van der Waals surface area contributed by atoms with Crippen molar-refractivity contribution in [2.45, 2.75) is 199 Å². The molecule has 0 aromatic heterocycles. The second-order valence-corrected chi connectivity index (χ2v) is 12.5. The lowest BCUT2D eigenvalue weighted by Gasteiger charge is -2.34. The van der Waals surface area contributed by atoms with Gasteiger partial charge >= 0.3 is 0 Å². The van der Waals surface area contributed by atoms with Gasteiger partial charge in [-0.05, 0) is 31.1 Å². The zero-order valence-corrected chi connectivity index (χ0v) is 24.7. The van der Waals surface area contributed by atoms with Crippen LogP contribution >= 0.6 is 0 Å². The average Bonchev–Trinajstić information content (AvgIpc) is 2.91. The van der Waals surface area contributed by atoms with Crippen LogP contribution in [0.15, 0.2) is 0 Å². The number of hydrogen-bond donors (Lipinski definition) is 2. The molecule has 0 heterocycles. The van der Waals surface area contributed by atoms with Crippen molar-refractivity contribution in [2.75, 3.05) is 13.2 Å². The van der Waals surface area contributed by atoms with Crippen molar-refractivity contribution >= 4 is 0 Å². The Morgan fingerprint density at radius 1 is 0.278 bits per heavy atom. The molecular weight excluding hydrogens is 440 g/mol. The van der Waals surface area contributed by atoms with Crippen molar-refractivity contribution in [3.8, 4) is 0 Å². The van der Waals surface area contributed by atoms with Gasteiger partial charge in [-0.2, -0.15) is 0 Å². The van der Waals surface area contributed by atoms with Gasteiger partial charge in [0, 0.05) is 13.2 Å². The molecule has 36 heavy (non-hydrogen) atoms. The van der Waals surface area contributed by atoms with Crippen LogP contribution in [0.25, 0.3) is 0 Å². The molecule has 3 fully saturated rings. The fourth-order valence-corrected chi connectivity index (χ4v) is 6.64. The van der Waals surface area contributed by atoms with Crippen LogP contribution < -0.4 is 0 Å². The molecule has 0 saturated heterocycles. The maximum absolute atomic E-state index is 9.22. The van der Waals surface area contributed by atoms with Crippen LogP contribution in [0.1, 0.15) is 199 Å². The zero-order chi connectivity index (χ0) is 25.8. The number of rotatable bonds is 4. The summed E-state index contributed by atoms with van der Waals surface area (Å²) in [6, 6.07) is 0. The summed E-state index contributed by atoms with van der Waals surface area (Å²) in [4.78, 5) is 0. The highest BCUT2D eigenvalue weighted by atomic mass is 16.3. The normalized spacial score (nSPS) is 23.5. The molecule has 2 heteroatoms. The van der Waals surface area contributed by atoms with Gasteiger partial charge in [0.1, 0.15) is 0 Å². The molecule has 3 rings (SSSR count). The Balaban J connectivity index is 0.000000282. The van der Waals surface area contributed by atoms with Crippen molar-refractivity contribution in [1.82, 2.24) is 0 Å². The van der Waals surface area contributed by atoms with Gasteiger partial charge < -0.3 is 10.2 Å². The van der Waals surface area contributed by atoms with Gasteiger partial charge in [-0.3, -0.25) is 0 Å². The molecule has 0 atom stereocenters. The van der Waals surface area contributed by atoms with Gasteiger partial charge in [0.2, 0.25) is 0 Å². The topological polar surface area (TPSA) is 40.5 Å². The summed E-state index contributed by atoms with van der Waals surface area (Å²) < 4.78 is 0. The van der Waals surface area contributed by atoms with E-state index >= 15 is 0 Å². The molecular formula is C34H68O2. The number of aliphatic hydroxyl groups is 2. The summed E-state index contributed by atoms with van der Waals surface area (Å²) in [5.41, 5.74) is 0.237. The highest BCUT2D eigenvalue weighted by Crippen LogP contribution is 2.39. The van der Waals surface area contributed by atoms with E-state index in [1.165, 1.54) is 186 Å². The Bertz CT molecular complexity index is 317. The van der Waals surface area contributed by atoms with Crippen LogP contribution in [0.3, 0.4) is 0 Å². The molecule has 216 valence electrons. The smallest absolute Gasteiger partial charge is 0.0436 e. The molecule has 0 radical (unpaired) electrons. The van der Waals surface area contributed by atoms with Crippen LogP contribution in [0.4, 0.5) is 0 Å². The first-order chi connectivity index (χ1) is 17.8. The van der Waals surface area contributed by atoms with Crippen LogP contribution in [0, 0.1) is 5.41 Å². The molecule has 2 nitrogen and oxygen atoms in total. The lowest BCUT2D eigenvalue weighted by atomic mass is 9.72. The van der Waals surface area contributed by atoms with Crippen LogP contribution in [-0.4, -0.2) is 23.4 Å². The Kier molecular flexibility index (Phi) is 25.0. The number of hydrogen-bond acceptors (Lipinski definition) is 2. The van der Waals surface area contributed by atoms with E-state index in [2.05, 4.69) is 0 Å². The Hall–Kier alpha value is -0.0800. The molecule has 2 N–H and O–H groups in total. The summed E-state index contributed by atoms with van der Waals surface area (Å²) >= 11 is 0. The molecule has 0 aromatic rings. The standard InChI is InChI=1S/C14H28O2.2C10H20/c15-12-10-14(11-13-16)8-6-4-2-1-3-5-7-9-14;2*1-2-4-6-8-10-9-7-5-3-1/h15-16H,1-13H2;2*1-10H2. The molecule has 0 aliphatic heterocycles. The largest absolute Gasteiger partial charge is 0.396 e.